The molecule has 0 saturated carbocycles. The lowest BCUT2D eigenvalue weighted by Crippen LogP contribution is -2.21. The lowest BCUT2D eigenvalue weighted by molar-refractivity contribution is 0.0175. The number of aliphatic hydroxyl groups excluding tert-OH is 1. The molecule has 0 aliphatic carbocycles. The van der Waals surface area contributed by atoms with Crippen LogP contribution in [-0.4, -0.2) is 12.2 Å². The van der Waals surface area contributed by atoms with Gasteiger partial charge in [-0.05, 0) is 25.0 Å². The third-order valence-electron chi connectivity index (χ3n) is 2.35. The summed E-state index contributed by atoms with van der Waals surface area (Å²) in [6.45, 7) is 4.03. The first-order valence-electron chi connectivity index (χ1n) is 4.36. The Morgan fingerprint density at radius 3 is 2.46 bits per heavy atom. The zero-order valence-electron chi connectivity index (χ0n) is 8.37. The predicted molar refractivity (Wildman–Crippen MR) is 52.4 cm³/mol. The summed E-state index contributed by atoms with van der Waals surface area (Å²) in [5.41, 5.74) is 1.63. The van der Waals surface area contributed by atoms with E-state index in [0.29, 0.717) is 0 Å². The van der Waals surface area contributed by atoms with Gasteiger partial charge in [0.25, 0.3) is 0 Å². The number of hydrogen-bond acceptors (Lipinski definition) is 2. The highest BCUT2D eigenvalue weighted by atomic mass is 16.5. The summed E-state index contributed by atoms with van der Waals surface area (Å²) in [6, 6.07) is 7.77. The molecule has 0 bridgehead atoms. The Balaban J connectivity index is 3.12. The van der Waals surface area contributed by atoms with Crippen LogP contribution in [0.3, 0.4) is 0 Å². The van der Waals surface area contributed by atoms with Gasteiger partial charge >= 0.3 is 0 Å². The van der Waals surface area contributed by atoms with Gasteiger partial charge in [-0.3, -0.25) is 0 Å². The second-order valence-electron chi connectivity index (χ2n) is 3.53. The molecule has 0 spiro atoms. The Kier molecular flexibility index (Phi) is 3.07. The van der Waals surface area contributed by atoms with Crippen molar-refractivity contribution in [3.63, 3.8) is 0 Å². The summed E-state index contributed by atoms with van der Waals surface area (Å²) in [7, 11) is 1.67. The third-order valence-corrected chi connectivity index (χ3v) is 2.35. The lowest BCUT2D eigenvalue weighted by atomic mass is 9.93. The number of rotatable bonds is 3. The molecule has 0 atom stereocenters. The van der Waals surface area contributed by atoms with Crippen molar-refractivity contribution in [3.05, 3.63) is 35.4 Å². The molecular formula is C11H16O2. The molecule has 2 nitrogen and oxygen atoms in total. The fourth-order valence-corrected chi connectivity index (χ4v) is 1.36. The Morgan fingerprint density at radius 1 is 1.31 bits per heavy atom. The van der Waals surface area contributed by atoms with Crippen LogP contribution < -0.4 is 0 Å². The Morgan fingerprint density at radius 2 is 1.92 bits per heavy atom. The molecule has 0 aromatic heterocycles. The lowest BCUT2D eigenvalue weighted by Gasteiger charge is -2.25. The molecule has 0 amide bonds. The second kappa shape index (κ2) is 3.90. The van der Waals surface area contributed by atoms with E-state index in [1.165, 1.54) is 0 Å². The molecule has 0 radical (unpaired) electrons. The molecule has 0 heterocycles. The van der Waals surface area contributed by atoms with Gasteiger partial charge < -0.3 is 9.84 Å². The monoisotopic (exact) mass is 180 g/mol. The second-order valence-corrected chi connectivity index (χ2v) is 3.53. The molecule has 0 aliphatic heterocycles. The molecule has 0 saturated heterocycles. The van der Waals surface area contributed by atoms with E-state index in [2.05, 4.69) is 0 Å². The van der Waals surface area contributed by atoms with Gasteiger partial charge in [0.2, 0.25) is 0 Å². The van der Waals surface area contributed by atoms with Gasteiger partial charge in [-0.2, -0.15) is 0 Å². The van der Waals surface area contributed by atoms with Crippen molar-refractivity contribution in [1.82, 2.24) is 0 Å². The molecule has 1 rings (SSSR count). The molecule has 72 valence electrons. The van der Waals surface area contributed by atoms with Crippen LogP contribution in [0.1, 0.15) is 25.0 Å². The fraction of sp³-hybridized carbons (Fsp3) is 0.455. The number of ether oxygens (including phenoxy) is 1. The number of hydrogen-bond donors (Lipinski definition) is 1. The van der Waals surface area contributed by atoms with Gasteiger partial charge in [0.1, 0.15) is 0 Å². The molecule has 0 unspecified atom stereocenters. The van der Waals surface area contributed by atoms with Crippen molar-refractivity contribution in [3.8, 4) is 0 Å². The van der Waals surface area contributed by atoms with E-state index < -0.39 is 0 Å². The predicted octanol–water partition coefficient (Wildman–Crippen LogP) is 2.06. The maximum absolute atomic E-state index is 9.12. The van der Waals surface area contributed by atoms with Crippen molar-refractivity contribution in [2.24, 2.45) is 0 Å². The van der Waals surface area contributed by atoms with Gasteiger partial charge in [0.15, 0.2) is 0 Å². The van der Waals surface area contributed by atoms with E-state index in [1.54, 1.807) is 7.11 Å². The minimum Gasteiger partial charge on any atom is -0.392 e. The molecule has 0 fully saturated rings. The SMILES string of the molecule is COC(C)(C)c1ccccc1CO. The minimum atomic E-state index is -0.334. The summed E-state index contributed by atoms with van der Waals surface area (Å²) in [6.07, 6.45) is 0. The topological polar surface area (TPSA) is 29.5 Å². The van der Waals surface area contributed by atoms with Crippen molar-refractivity contribution in [1.29, 1.82) is 0 Å². The van der Waals surface area contributed by atoms with Gasteiger partial charge in [-0.25, -0.2) is 0 Å². The van der Waals surface area contributed by atoms with Crippen LogP contribution in [0, 0.1) is 0 Å². The summed E-state index contributed by atoms with van der Waals surface area (Å²) in [5.74, 6) is 0. The van der Waals surface area contributed by atoms with Crippen molar-refractivity contribution in [2.75, 3.05) is 7.11 Å². The molecular weight excluding hydrogens is 164 g/mol. The molecule has 1 N–H and O–H groups in total. The zero-order valence-corrected chi connectivity index (χ0v) is 8.37. The van der Waals surface area contributed by atoms with Gasteiger partial charge in [-0.1, -0.05) is 24.3 Å². The van der Waals surface area contributed by atoms with Crippen LogP contribution in [0.2, 0.25) is 0 Å². The first-order valence-corrected chi connectivity index (χ1v) is 4.36. The van der Waals surface area contributed by atoms with E-state index >= 15 is 0 Å². The molecule has 2 heteroatoms. The number of benzene rings is 1. The highest BCUT2D eigenvalue weighted by molar-refractivity contribution is 5.31. The summed E-state index contributed by atoms with van der Waals surface area (Å²) >= 11 is 0. The standard InChI is InChI=1S/C11H16O2/c1-11(2,13-3)10-7-5-4-6-9(10)8-12/h4-7,12H,8H2,1-3H3. The maximum Gasteiger partial charge on any atom is 0.0875 e. The van der Waals surface area contributed by atoms with Crippen molar-refractivity contribution in [2.45, 2.75) is 26.1 Å². The van der Waals surface area contributed by atoms with Crippen LogP contribution >= 0.6 is 0 Å². The third kappa shape index (κ3) is 2.08. The first-order chi connectivity index (χ1) is 6.11. The molecule has 0 aliphatic rings. The van der Waals surface area contributed by atoms with Crippen LogP contribution in [0.4, 0.5) is 0 Å². The van der Waals surface area contributed by atoms with E-state index in [4.69, 9.17) is 9.84 Å². The van der Waals surface area contributed by atoms with Crippen LogP contribution in [0.25, 0.3) is 0 Å². The molecule has 1 aromatic carbocycles. The van der Waals surface area contributed by atoms with Crippen LogP contribution in [0.15, 0.2) is 24.3 Å². The molecule has 13 heavy (non-hydrogen) atoms. The quantitative estimate of drug-likeness (QED) is 0.771. The van der Waals surface area contributed by atoms with Crippen LogP contribution in [-0.2, 0) is 16.9 Å². The Labute approximate surface area is 79.2 Å². The largest absolute Gasteiger partial charge is 0.392 e. The highest BCUT2D eigenvalue weighted by Gasteiger charge is 2.21. The summed E-state index contributed by atoms with van der Waals surface area (Å²) in [4.78, 5) is 0. The number of methoxy groups -OCH3 is 1. The average Bonchev–Trinajstić information content (AvgIpc) is 2.18. The van der Waals surface area contributed by atoms with Gasteiger partial charge in [-0.15, -0.1) is 0 Å². The van der Waals surface area contributed by atoms with Crippen molar-refractivity contribution < 1.29 is 9.84 Å². The van der Waals surface area contributed by atoms with E-state index in [-0.39, 0.29) is 12.2 Å². The van der Waals surface area contributed by atoms with E-state index in [0.717, 1.165) is 11.1 Å². The van der Waals surface area contributed by atoms with Gasteiger partial charge in [0.05, 0.1) is 12.2 Å². The van der Waals surface area contributed by atoms with Crippen LogP contribution in [0.5, 0.6) is 0 Å². The minimum absolute atomic E-state index is 0.0585. The molecule has 1 aromatic rings. The van der Waals surface area contributed by atoms with E-state index in [9.17, 15) is 0 Å². The summed E-state index contributed by atoms with van der Waals surface area (Å²) < 4.78 is 5.36. The van der Waals surface area contributed by atoms with E-state index in [1.807, 2.05) is 38.1 Å². The average molecular weight is 180 g/mol. The summed E-state index contributed by atoms with van der Waals surface area (Å²) in [5, 5.41) is 9.12. The maximum atomic E-state index is 9.12. The normalized spacial score (nSPS) is 11.7. The first kappa shape index (κ1) is 10.2. The smallest absolute Gasteiger partial charge is 0.0875 e. The van der Waals surface area contributed by atoms with Gasteiger partial charge in [0, 0.05) is 7.11 Å². The Bertz CT molecular complexity index is 279. The highest BCUT2D eigenvalue weighted by Crippen LogP contribution is 2.26. The number of aliphatic hydroxyl groups is 1. The zero-order chi connectivity index (χ0) is 9.90. The fourth-order valence-electron chi connectivity index (χ4n) is 1.36. The van der Waals surface area contributed by atoms with Crippen molar-refractivity contribution >= 4 is 0 Å². The Hall–Kier alpha value is -0.860.